The summed E-state index contributed by atoms with van der Waals surface area (Å²) in [6.07, 6.45) is 5.14. The average molecular weight is 297 g/mol. The van der Waals surface area contributed by atoms with Gasteiger partial charge in [-0.15, -0.1) is 0 Å². The van der Waals surface area contributed by atoms with Crippen molar-refractivity contribution < 1.29 is 13.2 Å². The maximum atomic E-state index is 11.9. The smallest absolute Gasteiger partial charge is 0.296 e. The molecule has 0 unspecified atom stereocenters. The maximum absolute atomic E-state index is 11.9. The quantitative estimate of drug-likeness (QED) is 0.772. The molecule has 0 heterocycles. The molecule has 1 aliphatic rings. The molecule has 0 aromatic heterocycles. The molecule has 1 saturated carbocycles. The van der Waals surface area contributed by atoms with E-state index in [-0.39, 0.29) is 5.91 Å². The molecule has 110 valence electrons. The van der Waals surface area contributed by atoms with Crippen LogP contribution in [0.25, 0.3) is 0 Å². The zero-order valence-electron chi connectivity index (χ0n) is 11.1. The molecule has 4 N–H and O–H groups in total. The molecule has 6 nitrogen and oxygen atoms in total. The fourth-order valence-corrected chi connectivity index (χ4v) is 2.97. The van der Waals surface area contributed by atoms with Crippen molar-refractivity contribution in [3.05, 3.63) is 24.3 Å². The second-order valence-corrected chi connectivity index (χ2v) is 6.42. The van der Waals surface area contributed by atoms with E-state index >= 15 is 0 Å². The molecule has 1 aromatic carbocycles. The summed E-state index contributed by atoms with van der Waals surface area (Å²) in [5, 5.41) is 7.68. The number of amides is 1. The number of rotatable bonds is 5. The van der Waals surface area contributed by atoms with Gasteiger partial charge in [0.1, 0.15) is 0 Å². The van der Waals surface area contributed by atoms with Gasteiger partial charge in [-0.1, -0.05) is 18.9 Å². The van der Waals surface area contributed by atoms with Crippen LogP contribution in [-0.4, -0.2) is 14.3 Å². The van der Waals surface area contributed by atoms with E-state index in [4.69, 9.17) is 5.14 Å². The van der Waals surface area contributed by atoms with Crippen LogP contribution < -0.4 is 15.2 Å². The molecule has 0 spiro atoms. The Kier molecular flexibility index (Phi) is 4.61. The summed E-state index contributed by atoms with van der Waals surface area (Å²) in [6.45, 7) is 0. The summed E-state index contributed by atoms with van der Waals surface area (Å²) in [4.78, 5) is 11.9. The minimum Gasteiger partial charge on any atom is -0.326 e. The van der Waals surface area contributed by atoms with Crippen LogP contribution >= 0.6 is 0 Å². The van der Waals surface area contributed by atoms with Crippen LogP contribution in [0.3, 0.4) is 0 Å². The van der Waals surface area contributed by atoms with E-state index in [0.717, 1.165) is 12.8 Å². The topological polar surface area (TPSA) is 101 Å². The Labute approximate surface area is 118 Å². The van der Waals surface area contributed by atoms with E-state index < -0.39 is 10.2 Å². The largest absolute Gasteiger partial charge is 0.326 e. The van der Waals surface area contributed by atoms with Crippen molar-refractivity contribution in [3.8, 4) is 0 Å². The van der Waals surface area contributed by atoms with Crippen LogP contribution in [0.5, 0.6) is 0 Å². The molecule has 0 atom stereocenters. The maximum Gasteiger partial charge on any atom is 0.296 e. The molecule has 1 fully saturated rings. The number of nitrogens with two attached hydrogens (primary N) is 1. The van der Waals surface area contributed by atoms with Crippen LogP contribution in [0.1, 0.15) is 32.1 Å². The Hall–Kier alpha value is -1.60. The molecule has 1 amide bonds. The monoisotopic (exact) mass is 297 g/mol. The van der Waals surface area contributed by atoms with Gasteiger partial charge in [0, 0.05) is 12.1 Å². The van der Waals surface area contributed by atoms with Crippen LogP contribution in [0.15, 0.2) is 24.3 Å². The third kappa shape index (κ3) is 4.82. The highest BCUT2D eigenvalue weighted by Crippen LogP contribution is 2.28. The zero-order chi connectivity index (χ0) is 14.6. The highest BCUT2D eigenvalue weighted by atomic mass is 32.2. The van der Waals surface area contributed by atoms with E-state index in [9.17, 15) is 13.2 Å². The third-order valence-corrected chi connectivity index (χ3v) is 3.88. The van der Waals surface area contributed by atoms with Gasteiger partial charge in [0.25, 0.3) is 10.2 Å². The van der Waals surface area contributed by atoms with Crippen molar-refractivity contribution in [1.29, 1.82) is 0 Å². The molecule has 7 heteroatoms. The molecule has 0 aliphatic heterocycles. The van der Waals surface area contributed by atoms with E-state index in [1.54, 1.807) is 18.2 Å². The van der Waals surface area contributed by atoms with Gasteiger partial charge in [-0.05, 0) is 37.0 Å². The Morgan fingerprint density at radius 1 is 1.25 bits per heavy atom. The number of hydrogen-bond acceptors (Lipinski definition) is 3. The summed E-state index contributed by atoms with van der Waals surface area (Å²) >= 11 is 0. The molecular weight excluding hydrogens is 278 g/mol. The minimum atomic E-state index is -3.80. The summed E-state index contributed by atoms with van der Waals surface area (Å²) in [5.41, 5.74) is 0.882. The van der Waals surface area contributed by atoms with Gasteiger partial charge in [0.2, 0.25) is 5.91 Å². The molecule has 0 saturated heterocycles. The van der Waals surface area contributed by atoms with Crippen molar-refractivity contribution in [1.82, 2.24) is 0 Å². The van der Waals surface area contributed by atoms with E-state index in [1.807, 2.05) is 0 Å². The lowest BCUT2D eigenvalue weighted by molar-refractivity contribution is -0.117. The molecule has 2 rings (SSSR count). The standard InChI is InChI=1S/C13H19N3O3S/c14-20(18,19)16-12-7-3-6-11(9-12)15-13(17)8-10-4-1-2-5-10/h3,6-7,9-10,16H,1-2,4-5,8H2,(H,15,17)(H2,14,18,19). The number of carbonyl (C=O) groups excluding carboxylic acids is 1. The van der Waals surface area contributed by atoms with Crippen molar-refractivity contribution >= 4 is 27.5 Å². The third-order valence-electron chi connectivity index (χ3n) is 3.36. The fourth-order valence-electron chi connectivity index (χ4n) is 2.51. The summed E-state index contributed by atoms with van der Waals surface area (Å²) in [5.74, 6) is 0.436. The first-order valence-corrected chi connectivity index (χ1v) is 8.17. The highest BCUT2D eigenvalue weighted by Gasteiger charge is 2.18. The van der Waals surface area contributed by atoms with Gasteiger partial charge in [0.15, 0.2) is 0 Å². The Morgan fingerprint density at radius 3 is 2.55 bits per heavy atom. The Balaban J connectivity index is 1.95. The van der Waals surface area contributed by atoms with Gasteiger partial charge in [0.05, 0.1) is 5.69 Å². The lowest BCUT2D eigenvalue weighted by Gasteiger charge is -2.11. The molecule has 20 heavy (non-hydrogen) atoms. The number of hydrogen-bond donors (Lipinski definition) is 3. The summed E-state index contributed by atoms with van der Waals surface area (Å²) in [6, 6.07) is 6.47. The summed E-state index contributed by atoms with van der Waals surface area (Å²) in [7, 11) is -3.80. The van der Waals surface area contributed by atoms with Gasteiger partial charge in [-0.3, -0.25) is 9.52 Å². The molecule has 0 bridgehead atoms. The highest BCUT2D eigenvalue weighted by molar-refractivity contribution is 7.90. The predicted octanol–water partition coefficient (Wildman–Crippen LogP) is 1.82. The summed E-state index contributed by atoms with van der Waals surface area (Å²) < 4.78 is 24.1. The number of benzene rings is 1. The normalized spacial score (nSPS) is 16.1. The first kappa shape index (κ1) is 14.8. The number of nitrogens with one attached hydrogen (secondary N) is 2. The molecule has 1 aromatic rings. The lowest BCUT2D eigenvalue weighted by atomic mass is 10.0. The van der Waals surface area contributed by atoms with Gasteiger partial charge >= 0.3 is 0 Å². The SMILES string of the molecule is NS(=O)(=O)Nc1cccc(NC(=O)CC2CCCC2)c1. The number of carbonyl (C=O) groups is 1. The average Bonchev–Trinajstić information content (AvgIpc) is 2.79. The second-order valence-electron chi connectivity index (χ2n) is 5.13. The lowest BCUT2D eigenvalue weighted by Crippen LogP contribution is -2.21. The van der Waals surface area contributed by atoms with Crippen LogP contribution in [0, 0.1) is 5.92 Å². The van der Waals surface area contributed by atoms with Crippen molar-refractivity contribution in [3.63, 3.8) is 0 Å². The van der Waals surface area contributed by atoms with Crippen molar-refractivity contribution in [2.45, 2.75) is 32.1 Å². The minimum absolute atomic E-state index is 0.0374. The van der Waals surface area contributed by atoms with E-state index in [0.29, 0.717) is 23.7 Å². The fraction of sp³-hybridized carbons (Fsp3) is 0.462. The van der Waals surface area contributed by atoms with Crippen LogP contribution in [0.4, 0.5) is 11.4 Å². The zero-order valence-corrected chi connectivity index (χ0v) is 11.9. The van der Waals surface area contributed by atoms with Crippen LogP contribution in [0.2, 0.25) is 0 Å². The van der Waals surface area contributed by atoms with Gasteiger partial charge < -0.3 is 5.32 Å². The first-order valence-electron chi connectivity index (χ1n) is 6.63. The molecule has 1 aliphatic carbocycles. The molecular formula is C13H19N3O3S. The first-order chi connectivity index (χ1) is 9.42. The van der Waals surface area contributed by atoms with Crippen LogP contribution in [-0.2, 0) is 15.0 Å². The van der Waals surface area contributed by atoms with Gasteiger partial charge in [-0.25, -0.2) is 5.14 Å². The van der Waals surface area contributed by atoms with Crippen molar-refractivity contribution in [2.24, 2.45) is 11.1 Å². The molecule has 0 radical (unpaired) electrons. The Bertz CT molecular complexity index is 580. The van der Waals surface area contributed by atoms with Gasteiger partial charge in [-0.2, -0.15) is 8.42 Å². The van der Waals surface area contributed by atoms with E-state index in [2.05, 4.69) is 10.0 Å². The second kappa shape index (κ2) is 6.23. The van der Waals surface area contributed by atoms with Crippen molar-refractivity contribution in [2.75, 3.05) is 10.0 Å². The van der Waals surface area contributed by atoms with E-state index in [1.165, 1.54) is 18.9 Å². The Morgan fingerprint density at radius 2 is 1.90 bits per heavy atom. The number of anilines is 2. The predicted molar refractivity (Wildman–Crippen MR) is 78.4 cm³/mol.